The first-order chi connectivity index (χ1) is 6.18. The Morgan fingerprint density at radius 1 is 1.62 bits per heavy atom. The maximum Gasteiger partial charge on any atom is 0.130 e. The van der Waals surface area contributed by atoms with E-state index in [9.17, 15) is 4.79 Å². The van der Waals surface area contributed by atoms with Gasteiger partial charge < -0.3 is 14.3 Å². The molecule has 0 bridgehead atoms. The predicted molar refractivity (Wildman–Crippen MR) is 49.6 cm³/mol. The largest absolute Gasteiger partial charge is 0.380 e. The van der Waals surface area contributed by atoms with Gasteiger partial charge in [0, 0.05) is 6.61 Å². The summed E-state index contributed by atoms with van der Waals surface area (Å²) >= 11 is 0. The molecule has 0 aromatic carbocycles. The predicted octanol–water partition coefficient (Wildman–Crippen LogP) is 1.41. The molecule has 1 aliphatic rings. The fourth-order valence-electron chi connectivity index (χ4n) is 1.45. The second-order valence-corrected chi connectivity index (χ2v) is 4.00. The van der Waals surface area contributed by atoms with Crippen molar-refractivity contribution < 1.29 is 14.3 Å². The summed E-state index contributed by atoms with van der Waals surface area (Å²) < 4.78 is 10.8. The van der Waals surface area contributed by atoms with Crippen LogP contribution in [0.5, 0.6) is 0 Å². The standard InChI is InChI=1S/C10H18O3/c1-9(2)13-8-10(6-11)4-3-5-12-7-10/h6,9H,3-5,7-8H2,1-2H3. The van der Waals surface area contributed by atoms with Crippen LogP contribution in [0.25, 0.3) is 0 Å². The Labute approximate surface area is 79.4 Å². The van der Waals surface area contributed by atoms with Crippen molar-refractivity contribution in [3.8, 4) is 0 Å². The number of hydrogen-bond acceptors (Lipinski definition) is 3. The van der Waals surface area contributed by atoms with Gasteiger partial charge in [-0.1, -0.05) is 0 Å². The lowest BCUT2D eigenvalue weighted by atomic mass is 9.85. The van der Waals surface area contributed by atoms with Crippen LogP contribution in [0.15, 0.2) is 0 Å². The molecule has 1 atom stereocenters. The van der Waals surface area contributed by atoms with Crippen LogP contribution < -0.4 is 0 Å². The number of carbonyl (C=O) groups excluding carboxylic acids is 1. The minimum atomic E-state index is -0.372. The van der Waals surface area contributed by atoms with Crippen LogP contribution in [0, 0.1) is 5.41 Å². The highest BCUT2D eigenvalue weighted by Gasteiger charge is 2.33. The molecular formula is C10H18O3. The van der Waals surface area contributed by atoms with E-state index < -0.39 is 0 Å². The van der Waals surface area contributed by atoms with Crippen molar-refractivity contribution in [2.24, 2.45) is 5.41 Å². The molecule has 1 unspecified atom stereocenters. The third-order valence-electron chi connectivity index (χ3n) is 2.31. The summed E-state index contributed by atoms with van der Waals surface area (Å²) in [4.78, 5) is 10.9. The van der Waals surface area contributed by atoms with E-state index in [0.717, 1.165) is 25.7 Å². The first-order valence-corrected chi connectivity index (χ1v) is 4.84. The van der Waals surface area contributed by atoms with Gasteiger partial charge in [-0.3, -0.25) is 0 Å². The maximum atomic E-state index is 10.9. The van der Waals surface area contributed by atoms with Gasteiger partial charge in [0.25, 0.3) is 0 Å². The highest BCUT2D eigenvalue weighted by Crippen LogP contribution is 2.26. The lowest BCUT2D eigenvalue weighted by Gasteiger charge is -2.32. The van der Waals surface area contributed by atoms with E-state index in [0.29, 0.717) is 13.2 Å². The topological polar surface area (TPSA) is 35.5 Å². The minimum Gasteiger partial charge on any atom is -0.380 e. The Kier molecular flexibility index (Phi) is 3.88. The minimum absolute atomic E-state index is 0.179. The Morgan fingerprint density at radius 2 is 2.38 bits per heavy atom. The van der Waals surface area contributed by atoms with E-state index in [1.807, 2.05) is 13.8 Å². The van der Waals surface area contributed by atoms with Crippen LogP contribution in [0.1, 0.15) is 26.7 Å². The second kappa shape index (κ2) is 4.72. The molecule has 1 rings (SSSR count). The van der Waals surface area contributed by atoms with E-state index in [2.05, 4.69) is 0 Å². The molecule has 0 N–H and O–H groups in total. The van der Waals surface area contributed by atoms with Gasteiger partial charge in [-0.15, -0.1) is 0 Å². The van der Waals surface area contributed by atoms with Gasteiger partial charge in [0.2, 0.25) is 0 Å². The Balaban J connectivity index is 2.42. The number of hydrogen-bond donors (Lipinski definition) is 0. The van der Waals surface area contributed by atoms with Crippen LogP contribution >= 0.6 is 0 Å². The zero-order valence-corrected chi connectivity index (χ0v) is 8.41. The Morgan fingerprint density at radius 3 is 2.85 bits per heavy atom. The SMILES string of the molecule is CC(C)OCC1(C=O)CCCOC1. The molecule has 0 amide bonds. The summed E-state index contributed by atoms with van der Waals surface area (Å²) in [5.74, 6) is 0. The summed E-state index contributed by atoms with van der Waals surface area (Å²) in [6.07, 6.45) is 3.02. The summed E-state index contributed by atoms with van der Waals surface area (Å²) in [5, 5.41) is 0. The average Bonchev–Trinajstić information content (AvgIpc) is 2.16. The van der Waals surface area contributed by atoms with E-state index in [1.54, 1.807) is 0 Å². The van der Waals surface area contributed by atoms with Crippen molar-refractivity contribution in [3.63, 3.8) is 0 Å². The molecule has 1 heterocycles. The van der Waals surface area contributed by atoms with Gasteiger partial charge in [-0.2, -0.15) is 0 Å². The number of ether oxygens (including phenoxy) is 2. The molecule has 1 aliphatic heterocycles. The van der Waals surface area contributed by atoms with Gasteiger partial charge in [0.05, 0.1) is 24.7 Å². The zero-order chi connectivity index (χ0) is 9.73. The van der Waals surface area contributed by atoms with E-state index in [1.165, 1.54) is 0 Å². The van der Waals surface area contributed by atoms with Crippen LogP contribution in [0.4, 0.5) is 0 Å². The highest BCUT2D eigenvalue weighted by molar-refractivity contribution is 5.60. The van der Waals surface area contributed by atoms with Crippen LogP contribution in [-0.2, 0) is 14.3 Å². The lowest BCUT2D eigenvalue weighted by Crippen LogP contribution is -2.38. The molecule has 76 valence electrons. The van der Waals surface area contributed by atoms with Crippen molar-refractivity contribution in [3.05, 3.63) is 0 Å². The fourth-order valence-corrected chi connectivity index (χ4v) is 1.45. The summed E-state index contributed by atoms with van der Waals surface area (Å²) in [6.45, 7) is 5.74. The normalized spacial score (nSPS) is 29.2. The summed E-state index contributed by atoms with van der Waals surface area (Å²) in [6, 6.07) is 0. The monoisotopic (exact) mass is 186 g/mol. The third-order valence-corrected chi connectivity index (χ3v) is 2.31. The Bertz CT molecular complexity index is 160. The molecule has 3 heteroatoms. The zero-order valence-electron chi connectivity index (χ0n) is 8.41. The van der Waals surface area contributed by atoms with E-state index in [4.69, 9.17) is 9.47 Å². The fraction of sp³-hybridized carbons (Fsp3) is 0.900. The van der Waals surface area contributed by atoms with E-state index in [-0.39, 0.29) is 11.5 Å². The quantitative estimate of drug-likeness (QED) is 0.623. The van der Waals surface area contributed by atoms with Crippen molar-refractivity contribution in [2.45, 2.75) is 32.8 Å². The molecule has 3 nitrogen and oxygen atoms in total. The molecule has 0 aromatic rings. The molecule has 0 aliphatic carbocycles. The molecule has 0 aromatic heterocycles. The van der Waals surface area contributed by atoms with Gasteiger partial charge in [0.1, 0.15) is 6.29 Å². The van der Waals surface area contributed by atoms with Crippen LogP contribution in [-0.4, -0.2) is 32.2 Å². The van der Waals surface area contributed by atoms with Crippen molar-refractivity contribution in [1.29, 1.82) is 0 Å². The third kappa shape index (κ3) is 3.08. The number of rotatable bonds is 4. The molecule has 1 fully saturated rings. The smallest absolute Gasteiger partial charge is 0.130 e. The molecule has 0 spiro atoms. The molecule has 13 heavy (non-hydrogen) atoms. The maximum absolute atomic E-state index is 10.9. The molecule has 0 radical (unpaired) electrons. The molecular weight excluding hydrogens is 168 g/mol. The average molecular weight is 186 g/mol. The first-order valence-electron chi connectivity index (χ1n) is 4.84. The van der Waals surface area contributed by atoms with Gasteiger partial charge >= 0.3 is 0 Å². The Hall–Kier alpha value is -0.410. The number of aldehydes is 1. The van der Waals surface area contributed by atoms with Gasteiger partial charge in [-0.05, 0) is 26.7 Å². The molecule has 0 saturated carbocycles. The highest BCUT2D eigenvalue weighted by atomic mass is 16.5. The molecule has 1 saturated heterocycles. The second-order valence-electron chi connectivity index (χ2n) is 4.00. The van der Waals surface area contributed by atoms with Crippen molar-refractivity contribution in [1.82, 2.24) is 0 Å². The lowest BCUT2D eigenvalue weighted by molar-refractivity contribution is -0.132. The summed E-state index contributed by atoms with van der Waals surface area (Å²) in [7, 11) is 0. The van der Waals surface area contributed by atoms with Gasteiger partial charge in [-0.25, -0.2) is 0 Å². The van der Waals surface area contributed by atoms with Crippen LogP contribution in [0.3, 0.4) is 0 Å². The number of carbonyl (C=O) groups is 1. The first kappa shape index (κ1) is 10.7. The van der Waals surface area contributed by atoms with Gasteiger partial charge in [0.15, 0.2) is 0 Å². The summed E-state index contributed by atoms with van der Waals surface area (Å²) in [5.41, 5.74) is -0.372. The van der Waals surface area contributed by atoms with E-state index >= 15 is 0 Å². The van der Waals surface area contributed by atoms with Crippen LogP contribution in [0.2, 0.25) is 0 Å². The van der Waals surface area contributed by atoms with Crippen molar-refractivity contribution in [2.75, 3.05) is 19.8 Å². The van der Waals surface area contributed by atoms with Crippen molar-refractivity contribution >= 4 is 6.29 Å².